The third-order valence-corrected chi connectivity index (χ3v) is 6.32. The zero-order valence-corrected chi connectivity index (χ0v) is 13.7. The molecule has 0 aliphatic heterocycles. The van der Waals surface area contributed by atoms with Gasteiger partial charge in [0.25, 0.3) is 0 Å². The summed E-state index contributed by atoms with van der Waals surface area (Å²) in [5.41, 5.74) is 0.907. The standard InChI is InChI=1S/C19H25FN2O/c1-22(12-18(23)21-17-4-2-16(20)3-5-17)19-9-13-6-14(10-19)8-15(7-13)11-19/h2-5,13-15H,6-12H2,1H3,(H,21,23). The summed E-state index contributed by atoms with van der Waals surface area (Å²) in [4.78, 5) is 14.7. The highest BCUT2D eigenvalue weighted by atomic mass is 19.1. The van der Waals surface area contributed by atoms with Crippen molar-refractivity contribution in [2.75, 3.05) is 18.9 Å². The molecule has 0 aromatic heterocycles. The smallest absolute Gasteiger partial charge is 0.238 e. The van der Waals surface area contributed by atoms with Gasteiger partial charge in [0, 0.05) is 11.2 Å². The SMILES string of the molecule is CN(CC(=O)Nc1ccc(F)cc1)C12CC3CC(CC(C3)C1)C2. The zero-order valence-electron chi connectivity index (χ0n) is 13.7. The maximum absolute atomic E-state index is 12.9. The number of nitrogens with one attached hydrogen (secondary N) is 1. The van der Waals surface area contributed by atoms with Crippen LogP contribution in [-0.2, 0) is 4.79 Å². The van der Waals surface area contributed by atoms with E-state index in [-0.39, 0.29) is 17.3 Å². The van der Waals surface area contributed by atoms with Crippen LogP contribution in [0.2, 0.25) is 0 Å². The first-order valence-electron chi connectivity index (χ1n) is 8.79. The average molecular weight is 316 g/mol. The molecule has 4 bridgehead atoms. The first-order chi connectivity index (χ1) is 11.0. The summed E-state index contributed by atoms with van der Waals surface area (Å²) >= 11 is 0. The Labute approximate surface area is 137 Å². The van der Waals surface area contributed by atoms with E-state index in [0.717, 1.165) is 17.8 Å². The second kappa shape index (κ2) is 5.59. The Hall–Kier alpha value is -1.42. The van der Waals surface area contributed by atoms with E-state index < -0.39 is 0 Å². The summed E-state index contributed by atoms with van der Waals surface area (Å²) in [5.74, 6) is 2.35. The van der Waals surface area contributed by atoms with E-state index in [9.17, 15) is 9.18 Å². The second-order valence-corrected chi connectivity index (χ2v) is 8.05. The minimum atomic E-state index is -0.284. The normalized spacial score (nSPS) is 34.8. The summed E-state index contributed by atoms with van der Waals surface area (Å²) in [6, 6.07) is 5.97. The molecule has 0 spiro atoms. The van der Waals surface area contributed by atoms with Crippen LogP contribution < -0.4 is 5.32 Å². The largest absolute Gasteiger partial charge is 0.325 e. The van der Waals surface area contributed by atoms with Crippen LogP contribution in [0.15, 0.2) is 24.3 Å². The van der Waals surface area contributed by atoms with Gasteiger partial charge >= 0.3 is 0 Å². The number of carbonyl (C=O) groups is 1. The summed E-state index contributed by atoms with van der Waals surface area (Å²) in [7, 11) is 2.11. The Morgan fingerprint density at radius 2 is 1.65 bits per heavy atom. The lowest BCUT2D eigenvalue weighted by atomic mass is 9.52. The van der Waals surface area contributed by atoms with Crippen LogP contribution in [0.5, 0.6) is 0 Å². The average Bonchev–Trinajstić information content (AvgIpc) is 2.48. The molecule has 5 rings (SSSR count). The van der Waals surface area contributed by atoms with E-state index in [2.05, 4.69) is 17.3 Å². The number of hydrogen-bond donors (Lipinski definition) is 1. The van der Waals surface area contributed by atoms with Gasteiger partial charge in [-0.25, -0.2) is 4.39 Å². The minimum Gasteiger partial charge on any atom is -0.325 e. The molecule has 0 radical (unpaired) electrons. The quantitative estimate of drug-likeness (QED) is 0.919. The Morgan fingerprint density at radius 3 is 2.17 bits per heavy atom. The predicted octanol–water partition coefficient (Wildman–Crippen LogP) is 3.66. The highest BCUT2D eigenvalue weighted by molar-refractivity contribution is 5.92. The number of nitrogens with zero attached hydrogens (tertiary/aromatic N) is 1. The van der Waals surface area contributed by atoms with Gasteiger partial charge in [0.1, 0.15) is 5.82 Å². The van der Waals surface area contributed by atoms with E-state index >= 15 is 0 Å². The molecule has 0 saturated heterocycles. The fourth-order valence-electron chi connectivity index (χ4n) is 5.65. The molecule has 1 amide bonds. The molecule has 23 heavy (non-hydrogen) atoms. The molecule has 1 N–H and O–H groups in total. The van der Waals surface area contributed by atoms with Crippen molar-refractivity contribution in [3.8, 4) is 0 Å². The molecular weight excluding hydrogens is 291 g/mol. The lowest BCUT2D eigenvalue weighted by Crippen LogP contribution is -2.59. The van der Waals surface area contributed by atoms with E-state index in [4.69, 9.17) is 0 Å². The summed E-state index contributed by atoms with van der Waals surface area (Å²) in [6.07, 6.45) is 8.02. The van der Waals surface area contributed by atoms with Gasteiger partial charge in [0.15, 0.2) is 0 Å². The summed E-state index contributed by atoms with van der Waals surface area (Å²) < 4.78 is 12.9. The van der Waals surface area contributed by atoms with Gasteiger partial charge in [0.2, 0.25) is 5.91 Å². The number of rotatable bonds is 4. The maximum atomic E-state index is 12.9. The molecule has 1 aromatic rings. The van der Waals surface area contributed by atoms with E-state index in [1.165, 1.54) is 50.7 Å². The van der Waals surface area contributed by atoms with Crippen LogP contribution in [0.4, 0.5) is 10.1 Å². The zero-order chi connectivity index (χ0) is 16.0. The van der Waals surface area contributed by atoms with Gasteiger partial charge in [-0.3, -0.25) is 9.69 Å². The van der Waals surface area contributed by atoms with Crippen molar-refractivity contribution in [1.82, 2.24) is 4.90 Å². The maximum Gasteiger partial charge on any atom is 0.238 e. The summed E-state index contributed by atoms with van der Waals surface area (Å²) in [6.45, 7) is 0.420. The number of halogens is 1. The van der Waals surface area contributed by atoms with Gasteiger partial charge in [0.05, 0.1) is 6.54 Å². The van der Waals surface area contributed by atoms with E-state index in [1.54, 1.807) is 12.1 Å². The van der Waals surface area contributed by atoms with Crippen LogP contribution in [0, 0.1) is 23.6 Å². The van der Waals surface area contributed by atoms with Crippen molar-refractivity contribution >= 4 is 11.6 Å². The monoisotopic (exact) mass is 316 g/mol. The molecule has 4 aliphatic rings. The second-order valence-electron chi connectivity index (χ2n) is 8.05. The van der Waals surface area contributed by atoms with E-state index in [0.29, 0.717) is 12.2 Å². The Morgan fingerprint density at radius 1 is 1.13 bits per heavy atom. The molecule has 0 heterocycles. The molecule has 1 aromatic carbocycles. The predicted molar refractivity (Wildman–Crippen MR) is 88.6 cm³/mol. The molecular formula is C19H25FN2O. The molecule has 124 valence electrons. The van der Waals surface area contributed by atoms with Crippen molar-refractivity contribution < 1.29 is 9.18 Å². The number of likely N-dealkylation sites (N-methyl/N-ethyl adjacent to an activating group) is 1. The third kappa shape index (κ3) is 2.89. The Kier molecular flexibility index (Phi) is 3.67. The molecule has 0 unspecified atom stereocenters. The number of benzene rings is 1. The first-order valence-corrected chi connectivity index (χ1v) is 8.79. The van der Waals surface area contributed by atoms with Crippen LogP contribution >= 0.6 is 0 Å². The highest BCUT2D eigenvalue weighted by Crippen LogP contribution is 2.57. The molecule has 4 heteroatoms. The third-order valence-electron chi connectivity index (χ3n) is 6.32. The van der Waals surface area contributed by atoms with Crippen molar-refractivity contribution in [3.63, 3.8) is 0 Å². The summed E-state index contributed by atoms with van der Waals surface area (Å²) in [5, 5.41) is 2.88. The van der Waals surface area contributed by atoms with Gasteiger partial charge < -0.3 is 5.32 Å². The lowest BCUT2D eigenvalue weighted by molar-refractivity contribution is -0.123. The Bertz CT molecular complexity index is 563. The van der Waals surface area contributed by atoms with Gasteiger partial charge in [-0.2, -0.15) is 0 Å². The van der Waals surface area contributed by atoms with Crippen LogP contribution in [-0.4, -0.2) is 29.9 Å². The fourth-order valence-corrected chi connectivity index (χ4v) is 5.65. The fraction of sp³-hybridized carbons (Fsp3) is 0.632. The number of anilines is 1. The van der Waals surface area contributed by atoms with Crippen LogP contribution in [0.3, 0.4) is 0 Å². The minimum absolute atomic E-state index is 0.00477. The molecule has 4 saturated carbocycles. The van der Waals surface area contributed by atoms with Crippen molar-refractivity contribution in [3.05, 3.63) is 30.1 Å². The van der Waals surface area contributed by atoms with Crippen molar-refractivity contribution in [1.29, 1.82) is 0 Å². The van der Waals surface area contributed by atoms with Crippen molar-refractivity contribution in [2.45, 2.75) is 44.1 Å². The van der Waals surface area contributed by atoms with E-state index in [1.807, 2.05) is 0 Å². The molecule has 3 nitrogen and oxygen atoms in total. The molecule has 4 fully saturated rings. The van der Waals surface area contributed by atoms with Crippen LogP contribution in [0.25, 0.3) is 0 Å². The number of carbonyl (C=O) groups excluding carboxylic acids is 1. The van der Waals surface area contributed by atoms with Gasteiger partial charge in [-0.15, -0.1) is 0 Å². The van der Waals surface area contributed by atoms with Gasteiger partial charge in [-0.1, -0.05) is 0 Å². The lowest BCUT2D eigenvalue weighted by Gasteiger charge is -2.59. The first kappa shape index (κ1) is 15.1. The number of hydrogen-bond acceptors (Lipinski definition) is 2. The van der Waals surface area contributed by atoms with Gasteiger partial charge in [-0.05, 0) is 87.6 Å². The Balaban J connectivity index is 1.40. The molecule has 0 atom stereocenters. The molecule has 4 aliphatic carbocycles. The topological polar surface area (TPSA) is 32.3 Å². The van der Waals surface area contributed by atoms with Crippen LogP contribution in [0.1, 0.15) is 38.5 Å². The van der Waals surface area contributed by atoms with Crippen molar-refractivity contribution in [2.24, 2.45) is 17.8 Å². The number of amides is 1. The highest BCUT2D eigenvalue weighted by Gasteiger charge is 2.52.